The van der Waals surface area contributed by atoms with Crippen LogP contribution in [-0.2, 0) is 16.4 Å². The van der Waals surface area contributed by atoms with Crippen molar-refractivity contribution in [3.05, 3.63) is 17.0 Å². The molecule has 1 aliphatic rings. The summed E-state index contributed by atoms with van der Waals surface area (Å²) in [7, 11) is -3.35. The fraction of sp³-hybridized carbons (Fsp3) is 0.733. The van der Waals surface area contributed by atoms with E-state index in [0.717, 1.165) is 30.7 Å². The van der Waals surface area contributed by atoms with Gasteiger partial charge >= 0.3 is 0 Å². The quantitative estimate of drug-likeness (QED) is 0.770. The van der Waals surface area contributed by atoms with Crippen molar-refractivity contribution in [2.45, 2.75) is 62.7 Å². The summed E-state index contributed by atoms with van der Waals surface area (Å²) >= 11 is 1.38. The van der Waals surface area contributed by atoms with Crippen molar-refractivity contribution in [2.75, 3.05) is 6.54 Å². The minimum atomic E-state index is -3.35. The van der Waals surface area contributed by atoms with E-state index in [1.54, 1.807) is 6.07 Å². The van der Waals surface area contributed by atoms with Crippen LogP contribution in [0.4, 0.5) is 0 Å². The Balaban J connectivity index is 1.92. The molecule has 0 aliphatic heterocycles. The van der Waals surface area contributed by atoms with Gasteiger partial charge in [-0.1, -0.05) is 20.3 Å². The predicted molar refractivity (Wildman–Crippen MR) is 88.3 cm³/mol. The van der Waals surface area contributed by atoms with Gasteiger partial charge in [-0.15, -0.1) is 11.3 Å². The molecule has 0 amide bonds. The fourth-order valence-electron chi connectivity index (χ4n) is 2.46. The largest absolute Gasteiger partial charge is 0.314 e. The minimum Gasteiger partial charge on any atom is -0.314 e. The number of thiophene rings is 1. The van der Waals surface area contributed by atoms with Gasteiger partial charge in [-0.2, -0.15) is 0 Å². The van der Waals surface area contributed by atoms with Crippen LogP contribution < -0.4 is 10.0 Å². The van der Waals surface area contributed by atoms with Gasteiger partial charge in [-0.25, -0.2) is 13.1 Å². The first kappa shape index (κ1) is 16.9. The number of hydrogen-bond donors (Lipinski definition) is 2. The Morgan fingerprint density at radius 3 is 2.57 bits per heavy atom. The first-order valence-electron chi connectivity index (χ1n) is 7.73. The van der Waals surface area contributed by atoms with Gasteiger partial charge in [0.25, 0.3) is 0 Å². The Labute approximate surface area is 132 Å². The third-order valence-corrected chi connectivity index (χ3v) is 7.22. The Hall–Kier alpha value is -0.430. The standard InChI is InChI=1S/C15H26N2O2S2/c1-11(2)16-10-9-14-7-8-15(20-14)21(18,19)17-12(3)13-5-4-6-13/h7-8,11-13,16-17H,4-6,9-10H2,1-3H3. The smallest absolute Gasteiger partial charge is 0.250 e. The zero-order chi connectivity index (χ0) is 15.5. The highest BCUT2D eigenvalue weighted by Crippen LogP contribution is 2.30. The molecule has 0 aromatic carbocycles. The van der Waals surface area contributed by atoms with Crippen molar-refractivity contribution in [3.63, 3.8) is 0 Å². The lowest BCUT2D eigenvalue weighted by molar-refractivity contribution is 0.260. The summed E-state index contributed by atoms with van der Waals surface area (Å²) < 4.78 is 28.0. The van der Waals surface area contributed by atoms with E-state index in [1.165, 1.54) is 17.8 Å². The van der Waals surface area contributed by atoms with Gasteiger partial charge in [0, 0.05) is 23.5 Å². The van der Waals surface area contributed by atoms with Gasteiger partial charge in [0.2, 0.25) is 10.0 Å². The van der Waals surface area contributed by atoms with E-state index in [0.29, 0.717) is 16.2 Å². The Bertz CT molecular complexity index is 548. The molecule has 0 spiro atoms. The molecule has 4 nitrogen and oxygen atoms in total. The zero-order valence-corrected chi connectivity index (χ0v) is 14.7. The maximum atomic E-state index is 12.4. The average Bonchev–Trinajstić information content (AvgIpc) is 2.74. The van der Waals surface area contributed by atoms with Crippen LogP contribution in [0.3, 0.4) is 0 Å². The molecule has 0 radical (unpaired) electrons. The van der Waals surface area contributed by atoms with Crippen LogP contribution in [0.5, 0.6) is 0 Å². The van der Waals surface area contributed by atoms with Crippen LogP contribution in [-0.4, -0.2) is 27.0 Å². The van der Waals surface area contributed by atoms with Gasteiger partial charge < -0.3 is 5.32 Å². The predicted octanol–water partition coefficient (Wildman–Crippen LogP) is 2.76. The lowest BCUT2D eigenvalue weighted by atomic mass is 9.81. The van der Waals surface area contributed by atoms with Gasteiger partial charge in [0.05, 0.1) is 0 Å². The van der Waals surface area contributed by atoms with E-state index in [9.17, 15) is 8.42 Å². The van der Waals surface area contributed by atoms with E-state index < -0.39 is 10.0 Å². The molecule has 120 valence electrons. The van der Waals surface area contributed by atoms with Crippen molar-refractivity contribution in [1.29, 1.82) is 0 Å². The third-order valence-electron chi connectivity index (χ3n) is 4.02. The summed E-state index contributed by atoms with van der Waals surface area (Å²) in [4.78, 5) is 1.11. The summed E-state index contributed by atoms with van der Waals surface area (Å²) in [6, 6.07) is 4.15. The molecule has 1 unspecified atom stereocenters. The van der Waals surface area contributed by atoms with Gasteiger partial charge in [0.1, 0.15) is 4.21 Å². The van der Waals surface area contributed by atoms with E-state index in [-0.39, 0.29) is 6.04 Å². The summed E-state index contributed by atoms with van der Waals surface area (Å²) in [6.45, 7) is 7.07. The van der Waals surface area contributed by atoms with Crippen LogP contribution in [0, 0.1) is 5.92 Å². The van der Waals surface area contributed by atoms with E-state index in [2.05, 4.69) is 23.9 Å². The van der Waals surface area contributed by atoms with Crippen molar-refractivity contribution in [2.24, 2.45) is 5.92 Å². The highest BCUT2D eigenvalue weighted by Gasteiger charge is 2.28. The molecule has 1 aliphatic carbocycles. The van der Waals surface area contributed by atoms with Gasteiger partial charge in [-0.05, 0) is 44.2 Å². The lowest BCUT2D eigenvalue weighted by Gasteiger charge is -2.31. The normalized spacial score (nSPS) is 17.9. The van der Waals surface area contributed by atoms with E-state index in [4.69, 9.17) is 0 Å². The molecule has 2 N–H and O–H groups in total. The molecular formula is C15H26N2O2S2. The van der Waals surface area contributed by atoms with Crippen LogP contribution in [0.1, 0.15) is 44.9 Å². The molecule has 21 heavy (non-hydrogen) atoms. The Morgan fingerprint density at radius 2 is 2.00 bits per heavy atom. The molecule has 1 fully saturated rings. The van der Waals surface area contributed by atoms with Gasteiger partial charge in [0.15, 0.2) is 0 Å². The summed E-state index contributed by atoms with van der Waals surface area (Å²) in [5.74, 6) is 0.509. The molecule has 1 heterocycles. The number of sulfonamides is 1. The Kier molecular flexibility index (Phi) is 5.82. The molecular weight excluding hydrogens is 304 g/mol. The monoisotopic (exact) mass is 330 g/mol. The zero-order valence-electron chi connectivity index (χ0n) is 13.1. The second-order valence-corrected chi connectivity index (χ2v) is 9.29. The molecule has 0 bridgehead atoms. The minimum absolute atomic E-state index is 0.0388. The first-order valence-corrected chi connectivity index (χ1v) is 10.0. The SMILES string of the molecule is CC(C)NCCc1ccc(S(=O)(=O)NC(C)C2CCC2)s1. The van der Waals surface area contributed by atoms with E-state index >= 15 is 0 Å². The molecule has 6 heteroatoms. The van der Waals surface area contributed by atoms with Crippen LogP contribution in [0.25, 0.3) is 0 Å². The number of nitrogens with one attached hydrogen (secondary N) is 2. The van der Waals surface area contributed by atoms with E-state index in [1.807, 2.05) is 13.0 Å². The van der Waals surface area contributed by atoms with Crippen molar-refractivity contribution in [1.82, 2.24) is 10.0 Å². The van der Waals surface area contributed by atoms with Crippen LogP contribution >= 0.6 is 11.3 Å². The molecule has 1 aromatic rings. The molecule has 1 saturated carbocycles. The summed E-state index contributed by atoms with van der Waals surface area (Å²) in [5.41, 5.74) is 0. The topological polar surface area (TPSA) is 58.2 Å². The highest BCUT2D eigenvalue weighted by molar-refractivity contribution is 7.91. The lowest BCUT2D eigenvalue weighted by Crippen LogP contribution is -2.40. The maximum Gasteiger partial charge on any atom is 0.250 e. The number of hydrogen-bond acceptors (Lipinski definition) is 4. The average molecular weight is 331 g/mol. The summed E-state index contributed by atoms with van der Waals surface area (Å²) in [6.07, 6.45) is 4.37. The molecule has 0 saturated heterocycles. The fourth-order valence-corrected chi connectivity index (χ4v) is 5.14. The van der Waals surface area contributed by atoms with Crippen molar-refractivity contribution in [3.8, 4) is 0 Å². The second kappa shape index (κ2) is 7.22. The molecule has 1 atom stereocenters. The van der Waals surface area contributed by atoms with Crippen molar-refractivity contribution >= 4 is 21.4 Å². The maximum absolute atomic E-state index is 12.4. The molecule has 2 rings (SSSR count). The first-order chi connectivity index (χ1) is 9.88. The molecule has 1 aromatic heterocycles. The third kappa shape index (κ3) is 4.77. The Morgan fingerprint density at radius 1 is 1.29 bits per heavy atom. The highest BCUT2D eigenvalue weighted by atomic mass is 32.2. The number of rotatable bonds is 8. The summed E-state index contributed by atoms with van der Waals surface area (Å²) in [5, 5.41) is 3.35. The van der Waals surface area contributed by atoms with Crippen LogP contribution in [0.15, 0.2) is 16.3 Å². The van der Waals surface area contributed by atoms with Crippen molar-refractivity contribution < 1.29 is 8.42 Å². The van der Waals surface area contributed by atoms with Gasteiger partial charge in [-0.3, -0.25) is 0 Å². The van der Waals surface area contributed by atoms with Crippen LogP contribution in [0.2, 0.25) is 0 Å². The second-order valence-electron chi connectivity index (χ2n) is 6.18.